The van der Waals surface area contributed by atoms with Gasteiger partial charge < -0.3 is 20.1 Å². The average molecular weight is 397 g/mol. The molecule has 2 atom stereocenters. The molecule has 0 unspecified atom stereocenters. The number of nitrogens with zero attached hydrogens (tertiary/aromatic N) is 1. The van der Waals surface area contributed by atoms with Gasteiger partial charge in [-0.2, -0.15) is 0 Å². The van der Waals surface area contributed by atoms with Crippen LogP contribution in [0.3, 0.4) is 0 Å². The number of carbonyl (C=O) groups is 1. The van der Waals surface area contributed by atoms with Gasteiger partial charge in [-0.15, -0.1) is 0 Å². The number of amides is 1. The highest BCUT2D eigenvalue weighted by Crippen LogP contribution is 2.34. The second-order valence-corrected chi connectivity index (χ2v) is 8.72. The number of rotatable bonds is 5. The summed E-state index contributed by atoms with van der Waals surface area (Å²) in [6, 6.07) is 15.7. The first-order valence-electron chi connectivity index (χ1n) is 10.2. The molecule has 1 amide bonds. The first-order chi connectivity index (χ1) is 13.8. The van der Waals surface area contributed by atoms with Crippen LogP contribution in [0.2, 0.25) is 0 Å². The first-order valence-corrected chi connectivity index (χ1v) is 10.2. The second kappa shape index (κ2) is 8.97. The van der Waals surface area contributed by atoms with E-state index in [1.807, 2.05) is 48.2 Å². The van der Waals surface area contributed by atoms with Gasteiger partial charge in [-0.3, -0.25) is 4.79 Å². The van der Waals surface area contributed by atoms with E-state index in [0.717, 1.165) is 11.1 Å². The zero-order valence-electron chi connectivity index (χ0n) is 17.9. The maximum absolute atomic E-state index is 13.4. The van der Waals surface area contributed by atoms with Crippen LogP contribution in [0.15, 0.2) is 48.5 Å². The Labute approximate surface area is 173 Å². The Morgan fingerprint density at radius 1 is 1.17 bits per heavy atom. The summed E-state index contributed by atoms with van der Waals surface area (Å²) in [6.07, 6.45) is -0.194. The van der Waals surface area contributed by atoms with Gasteiger partial charge >= 0.3 is 0 Å². The monoisotopic (exact) mass is 396 g/mol. The molecule has 2 aromatic carbocycles. The van der Waals surface area contributed by atoms with Crippen LogP contribution >= 0.6 is 0 Å². The Morgan fingerprint density at radius 2 is 1.90 bits per heavy atom. The number of morpholine rings is 1. The van der Waals surface area contributed by atoms with Crippen LogP contribution in [-0.2, 0) is 4.74 Å². The highest BCUT2D eigenvalue weighted by Gasteiger charge is 2.37. The van der Waals surface area contributed by atoms with Crippen molar-refractivity contribution in [2.45, 2.75) is 39.9 Å². The fourth-order valence-electron chi connectivity index (χ4n) is 3.49. The molecule has 156 valence electrons. The Morgan fingerprint density at radius 3 is 2.55 bits per heavy atom. The number of nitrogens with two attached hydrogens (primary N) is 1. The van der Waals surface area contributed by atoms with E-state index in [2.05, 4.69) is 32.9 Å². The van der Waals surface area contributed by atoms with E-state index in [9.17, 15) is 4.79 Å². The maximum Gasteiger partial charge on any atom is 0.254 e. The van der Waals surface area contributed by atoms with Gasteiger partial charge in [0.1, 0.15) is 18.5 Å². The SMILES string of the molecule is Cc1ccc(C(=O)N2C[C@@H](c3ccccc3)O[C@@H](C(C)(C)C)C2)cc1OCCN. The van der Waals surface area contributed by atoms with Crippen molar-refractivity contribution >= 4 is 5.91 Å². The predicted octanol–water partition coefficient (Wildman–Crippen LogP) is 3.96. The summed E-state index contributed by atoms with van der Waals surface area (Å²) in [5.74, 6) is 0.711. The normalized spacial score (nSPS) is 19.8. The molecule has 3 rings (SSSR count). The minimum Gasteiger partial charge on any atom is -0.492 e. The Kier molecular flexibility index (Phi) is 6.60. The Hall–Kier alpha value is -2.37. The third-order valence-corrected chi connectivity index (χ3v) is 5.34. The molecule has 1 aliphatic rings. The number of carbonyl (C=O) groups excluding carboxylic acids is 1. The molecule has 0 saturated carbocycles. The molecule has 0 spiro atoms. The number of hydrogen-bond donors (Lipinski definition) is 1. The highest BCUT2D eigenvalue weighted by molar-refractivity contribution is 5.95. The molecule has 1 saturated heterocycles. The number of ether oxygens (including phenoxy) is 2. The maximum atomic E-state index is 13.4. The molecular formula is C24H32N2O3. The van der Waals surface area contributed by atoms with Crippen LogP contribution in [0.1, 0.15) is 48.4 Å². The molecular weight excluding hydrogens is 364 g/mol. The van der Waals surface area contributed by atoms with Crippen LogP contribution < -0.4 is 10.5 Å². The molecule has 29 heavy (non-hydrogen) atoms. The molecule has 0 bridgehead atoms. The Bertz CT molecular complexity index is 830. The van der Waals surface area contributed by atoms with Crippen LogP contribution in [-0.4, -0.2) is 43.2 Å². The van der Waals surface area contributed by atoms with Crippen molar-refractivity contribution in [2.75, 3.05) is 26.2 Å². The van der Waals surface area contributed by atoms with Crippen molar-refractivity contribution in [2.24, 2.45) is 11.1 Å². The minimum atomic E-state index is -0.142. The molecule has 5 nitrogen and oxygen atoms in total. The number of benzene rings is 2. The van der Waals surface area contributed by atoms with Crippen LogP contribution in [0, 0.1) is 12.3 Å². The summed E-state index contributed by atoms with van der Waals surface area (Å²) in [6.45, 7) is 10.4. The van der Waals surface area contributed by atoms with Gasteiger partial charge in [0.2, 0.25) is 0 Å². The number of aryl methyl sites for hydroxylation is 1. The highest BCUT2D eigenvalue weighted by atomic mass is 16.5. The molecule has 0 aliphatic carbocycles. The second-order valence-electron chi connectivity index (χ2n) is 8.72. The van der Waals surface area contributed by atoms with E-state index < -0.39 is 0 Å². The summed E-state index contributed by atoms with van der Waals surface area (Å²) in [7, 11) is 0. The van der Waals surface area contributed by atoms with Crippen molar-refractivity contribution in [3.63, 3.8) is 0 Å². The van der Waals surface area contributed by atoms with Gasteiger partial charge in [0.25, 0.3) is 5.91 Å². The fraction of sp³-hybridized carbons (Fsp3) is 0.458. The average Bonchev–Trinajstić information content (AvgIpc) is 2.72. The van der Waals surface area contributed by atoms with E-state index in [4.69, 9.17) is 15.2 Å². The predicted molar refractivity (Wildman–Crippen MR) is 115 cm³/mol. The van der Waals surface area contributed by atoms with Crippen LogP contribution in [0.4, 0.5) is 0 Å². The van der Waals surface area contributed by atoms with Crippen LogP contribution in [0.5, 0.6) is 5.75 Å². The molecule has 0 aromatic heterocycles. The van der Waals surface area contributed by atoms with Gasteiger partial charge in [0.15, 0.2) is 0 Å². The van der Waals surface area contributed by atoms with Crippen molar-refractivity contribution in [1.29, 1.82) is 0 Å². The largest absolute Gasteiger partial charge is 0.492 e. The lowest BCUT2D eigenvalue weighted by molar-refractivity contribution is -0.119. The fourth-order valence-corrected chi connectivity index (χ4v) is 3.49. The molecule has 1 heterocycles. The lowest BCUT2D eigenvalue weighted by Gasteiger charge is -2.43. The molecule has 2 N–H and O–H groups in total. The minimum absolute atomic E-state index is 0.001000. The van der Waals surface area contributed by atoms with E-state index in [1.165, 1.54) is 0 Å². The third-order valence-electron chi connectivity index (χ3n) is 5.34. The van der Waals surface area contributed by atoms with Gasteiger partial charge in [0, 0.05) is 18.7 Å². The molecule has 1 fully saturated rings. The van der Waals surface area contributed by atoms with Crippen molar-refractivity contribution in [3.8, 4) is 5.75 Å². The quantitative estimate of drug-likeness (QED) is 0.831. The summed E-state index contributed by atoms with van der Waals surface area (Å²) in [5, 5.41) is 0. The van der Waals surface area contributed by atoms with E-state index >= 15 is 0 Å². The van der Waals surface area contributed by atoms with Gasteiger partial charge in [-0.05, 0) is 35.6 Å². The summed E-state index contributed by atoms with van der Waals surface area (Å²) < 4.78 is 12.1. The van der Waals surface area contributed by atoms with Crippen molar-refractivity contribution < 1.29 is 14.3 Å². The zero-order valence-corrected chi connectivity index (χ0v) is 17.9. The van der Waals surface area contributed by atoms with Crippen LogP contribution in [0.25, 0.3) is 0 Å². The van der Waals surface area contributed by atoms with Gasteiger partial charge in [-0.1, -0.05) is 57.2 Å². The van der Waals surface area contributed by atoms with Gasteiger partial charge in [-0.25, -0.2) is 0 Å². The van der Waals surface area contributed by atoms with E-state index in [1.54, 1.807) is 0 Å². The molecule has 2 aromatic rings. The van der Waals surface area contributed by atoms with E-state index in [-0.39, 0.29) is 23.5 Å². The molecule has 0 radical (unpaired) electrons. The summed E-state index contributed by atoms with van der Waals surface area (Å²) in [5.41, 5.74) is 8.19. The Balaban J connectivity index is 1.86. The third kappa shape index (κ3) is 5.17. The number of hydrogen-bond acceptors (Lipinski definition) is 4. The molecule has 1 aliphatic heterocycles. The van der Waals surface area contributed by atoms with Crippen molar-refractivity contribution in [3.05, 3.63) is 65.2 Å². The lowest BCUT2D eigenvalue weighted by atomic mass is 9.87. The summed E-state index contributed by atoms with van der Waals surface area (Å²) >= 11 is 0. The molecule has 5 heteroatoms. The summed E-state index contributed by atoms with van der Waals surface area (Å²) in [4.78, 5) is 15.3. The zero-order chi connectivity index (χ0) is 21.0. The lowest BCUT2D eigenvalue weighted by Crippen LogP contribution is -2.51. The first kappa shape index (κ1) is 21.3. The van der Waals surface area contributed by atoms with E-state index in [0.29, 0.717) is 37.6 Å². The van der Waals surface area contributed by atoms with Crippen molar-refractivity contribution in [1.82, 2.24) is 4.90 Å². The van der Waals surface area contributed by atoms with Gasteiger partial charge in [0.05, 0.1) is 12.6 Å². The smallest absolute Gasteiger partial charge is 0.254 e. The standard InChI is InChI=1S/C24H32N2O3/c1-17-10-11-19(14-20(17)28-13-12-25)23(27)26-15-21(18-8-6-5-7-9-18)29-22(16-26)24(2,3)4/h5-11,14,21-22H,12-13,15-16,25H2,1-4H3/t21-,22+/m0/s1. The topological polar surface area (TPSA) is 64.8 Å².